The van der Waals surface area contributed by atoms with Crippen molar-refractivity contribution < 1.29 is 9.84 Å². The van der Waals surface area contributed by atoms with Gasteiger partial charge in [0, 0.05) is 30.9 Å². The molecule has 20 heavy (non-hydrogen) atoms. The van der Waals surface area contributed by atoms with Crippen molar-refractivity contribution in [2.24, 2.45) is 0 Å². The van der Waals surface area contributed by atoms with Crippen LogP contribution in [0.5, 0.6) is 0 Å². The Bertz CT molecular complexity index is 488. The van der Waals surface area contributed by atoms with Crippen molar-refractivity contribution in [3.05, 3.63) is 29.3 Å². The zero-order valence-corrected chi connectivity index (χ0v) is 12.2. The van der Waals surface area contributed by atoms with Crippen molar-refractivity contribution in [2.75, 3.05) is 24.6 Å². The Kier molecular flexibility index (Phi) is 4.99. The van der Waals surface area contributed by atoms with Crippen LogP contribution in [0.25, 0.3) is 0 Å². The molecule has 108 valence electrons. The third-order valence-electron chi connectivity index (χ3n) is 3.78. The number of ether oxygens (including phenoxy) is 1. The fourth-order valence-corrected chi connectivity index (χ4v) is 2.67. The molecule has 0 bridgehead atoms. The topological polar surface area (TPSA) is 56.5 Å². The van der Waals surface area contributed by atoms with Gasteiger partial charge in [-0.3, -0.25) is 0 Å². The highest BCUT2D eigenvalue weighted by atomic mass is 16.5. The van der Waals surface area contributed by atoms with Gasteiger partial charge in [0.25, 0.3) is 0 Å². The molecule has 4 heteroatoms. The van der Waals surface area contributed by atoms with Gasteiger partial charge in [0.1, 0.15) is 0 Å². The number of hydrogen-bond acceptors (Lipinski definition) is 4. The van der Waals surface area contributed by atoms with Crippen LogP contribution < -0.4 is 4.90 Å². The normalized spacial score (nSPS) is 19.6. The van der Waals surface area contributed by atoms with Crippen molar-refractivity contribution in [1.29, 1.82) is 5.26 Å². The first-order chi connectivity index (χ1) is 9.65. The SMILES string of the molecule is CCN(CC1CCCO1)c1cc(C#N)ccc1C(C)O. The van der Waals surface area contributed by atoms with Gasteiger partial charge in [-0.25, -0.2) is 0 Å². The lowest BCUT2D eigenvalue weighted by Crippen LogP contribution is -2.33. The Morgan fingerprint density at radius 2 is 2.35 bits per heavy atom. The van der Waals surface area contributed by atoms with Crippen LogP contribution in [0.2, 0.25) is 0 Å². The second-order valence-corrected chi connectivity index (χ2v) is 5.24. The molecule has 1 N–H and O–H groups in total. The molecule has 0 saturated carbocycles. The maximum atomic E-state index is 9.93. The molecule has 1 heterocycles. The number of rotatable bonds is 5. The zero-order chi connectivity index (χ0) is 14.5. The Morgan fingerprint density at radius 3 is 2.90 bits per heavy atom. The van der Waals surface area contributed by atoms with E-state index in [1.165, 1.54) is 0 Å². The second kappa shape index (κ2) is 6.74. The number of nitrogens with zero attached hydrogens (tertiary/aromatic N) is 2. The Hall–Kier alpha value is -1.57. The summed E-state index contributed by atoms with van der Waals surface area (Å²) in [6.45, 7) is 6.31. The van der Waals surface area contributed by atoms with Gasteiger partial charge in [-0.15, -0.1) is 0 Å². The predicted octanol–water partition coefficient (Wildman–Crippen LogP) is 2.62. The average Bonchev–Trinajstić information content (AvgIpc) is 2.97. The van der Waals surface area contributed by atoms with Gasteiger partial charge in [-0.2, -0.15) is 5.26 Å². The first kappa shape index (κ1) is 14.8. The van der Waals surface area contributed by atoms with Crippen LogP contribution in [0.3, 0.4) is 0 Å². The van der Waals surface area contributed by atoms with Gasteiger partial charge >= 0.3 is 0 Å². The summed E-state index contributed by atoms with van der Waals surface area (Å²) in [4.78, 5) is 2.19. The molecule has 4 nitrogen and oxygen atoms in total. The predicted molar refractivity (Wildman–Crippen MR) is 78.7 cm³/mol. The minimum Gasteiger partial charge on any atom is -0.389 e. The summed E-state index contributed by atoms with van der Waals surface area (Å²) in [7, 11) is 0. The number of likely N-dealkylation sites (N-methyl/N-ethyl adjacent to an activating group) is 1. The average molecular weight is 274 g/mol. The molecule has 0 aromatic heterocycles. The van der Waals surface area contributed by atoms with E-state index in [1.807, 2.05) is 12.1 Å². The van der Waals surface area contributed by atoms with Crippen LogP contribution in [0, 0.1) is 11.3 Å². The lowest BCUT2D eigenvalue weighted by Gasteiger charge is -2.29. The number of aliphatic hydroxyl groups excluding tert-OH is 1. The Balaban J connectivity index is 2.28. The van der Waals surface area contributed by atoms with Crippen molar-refractivity contribution in [3.63, 3.8) is 0 Å². The van der Waals surface area contributed by atoms with Crippen LogP contribution >= 0.6 is 0 Å². The van der Waals surface area contributed by atoms with Crippen LogP contribution in [-0.4, -0.2) is 30.9 Å². The molecule has 0 radical (unpaired) electrons. The first-order valence-corrected chi connectivity index (χ1v) is 7.24. The Morgan fingerprint density at radius 1 is 1.55 bits per heavy atom. The fraction of sp³-hybridized carbons (Fsp3) is 0.562. The van der Waals surface area contributed by atoms with E-state index in [0.29, 0.717) is 5.56 Å². The molecule has 2 unspecified atom stereocenters. The molecule has 1 fully saturated rings. The highest BCUT2D eigenvalue weighted by molar-refractivity contribution is 5.58. The number of benzene rings is 1. The van der Waals surface area contributed by atoms with Gasteiger partial charge in [0.2, 0.25) is 0 Å². The maximum Gasteiger partial charge on any atom is 0.0992 e. The molecular formula is C16H22N2O2. The summed E-state index contributed by atoms with van der Waals surface area (Å²) in [6, 6.07) is 7.63. The molecule has 2 rings (SSSR count). The lowest BCUT2D eigenvalue weighted by atomic mass is 10.0. The summed E-state index contributed by atoms with van der Waals surface area (Å²) in [5.74, 6) is 0. The molecule has 1 aromatic carbocycles. The van der Waals surface area contributed by atoms with E-state index in [2.05, 4.69) is 17.9 Å². The largest absolute Gasteiger partial charge is 0.389 e. The van der Waals surface area contributed by atoms with E-state index in [9.17, 15) is 5.11 Å². The molecule has 0 spiro atoms. The van der Waals surface area contributed by atoms with E-state index in [-0.39, 0.29) is 6.10 Å². The minimum atomic E-state index is -0.545. The van der Waals surface area contributed by atoms with E-state index < -0.39 is 6.10 Å². The minimum absolute atomic E-state index is 0.252. The maximum absolute atomic E-state index is 9.93. The van der Waals surface area contributed by atoms with Crippen LogP contribution in [0.1, 0.15) is 43.9 Å². The van der Waals surface area contributed by atoms with Crippen molar-refractivity contribution >= 4 is 5.69 Å². The number of nitriles is 1. The molecule has 2 atom stereocenters. The smallest absolute Gasteiger partial charge is 0.0992 e. The third-order valence-corrected chi connectivity index (χ3v) is 3.78. The molecule has 1 saturated heterocycles. The highest BCUT2D eigenvalue weighted by Gasteiger charge is 2.21. The van der Waals surface area contributed by atoms with Crippen LogP contribution in [-0.2, 0) is 4.74 Å². The number of hydrogen-bond donors (Lipinski definition) is 1. The van der Waals surface area contributed by atoms with E-state index in [4.69, 9.17) is 10.00 Å². The molecule has 0 amide bonds. The summed E-state index contributed by atoms with van der Waals surface area (Å²) in [5.41, 5.74) is 2.43. The number of aliphatic hydroxyl groups is 1. The molecule has 1 aromatic rings. The lowest BCUT2D eigenvalue weighted by molar-refractivity contribution is 0.115. The summed E-state index contributed by atoms with van der Waals surface area (Å²) < 4.78 is 5.69. The highest BCUT2D eigenvalue weighted by Crippen LogP contribution is 2.29. The first-order valence-electron chi connectivity index (χ1n) is 7.24. The van der Waals surface area contributed by atoms with E-state index in [1.54, 1.807) is 13.0 Å². The third kappa shape index (κ3) is 3.30. The number of anilines is 1. The molecule has 0 aliphatic carbocycles. The molecule has 1 aliphatic heterocycles. The molecular weight excluding hydrogens is 252 g/mol. The van der Waals surface area contributed by atoms with Gasteiger partial charge < -0.3 is 14.7 Å². The fourth-order valence-electron chi connectivity index (χ4n) is 2.67. The van der Waals surface area contributed by atoms with Crippen molar-refractivity contribution in [3.8, 4) is 6.07 Å². The van der Waals surface area contributed by atoms with Gasteiger partial charge in [0.05, 0.1) is 23.8 Å². The Labute approximate surface area is 120 Å². The monoisotopic (exact) mass is 274 g/mol. The van der Waals surface area contributed by atoms with Crippen LogP contribution in [0.15, 0.2) is 18.2 Å². The standard InChI is InChI=1S/C16H22N2O2/c1-3-18(11-14-5-4-8-20-14)16-9-13(10-17)6-7-15(16)12(2)19/h6-7,9,12,14,19H,3-5,8,11H2,1-2H3. The van der Waals surface area contributed by atoms with Crippen molar-refractivity contribution in [1.82, 2.24) is 0 Å². The van der Waals surface area contributed by atoms with Crippen LogP contribution in [0.4, 0.5) is 5.69 Å². The summed E-state index contributed by atoms with van der Waals surface area (Å²) >= 11 is 0. The zero-order valence-electron chi connectivity index (χ0n) is 12.2. The van der Waals surface area contributed by atoms with Gasteiger partial charge in [0.15, 0.2) is 0 Å². The van der Waals surface area contributed by atoms with Crippen molar-refractivity contribution in [2.45, 2.75) is 38.9 Å². The van der Waals surface area contributed by atoms with E-state index >= 15 is 0 Å². The van der Waals surface area contributed by atoms with E-state index in [0.717, 1.165) is 43.8 Å². The quantitative estimate of drug-likeness (QED) is 0.896. The molecule has 1 aliphatic rings. The summed E-state index contributed by atoms with van der Waals surface area (Å²) in [6.07, 6.45) is 1.90. The van der Waals surface area contributed by atoms with Gasteiger partial charge in [-0.1, -0.05) is 6.07 Å². The summed E-state index contributed by atoms with van der Waals surface area (Å²) in [5, 5.41) is 19.0. The second-order valence-electron chi connectivity index (χ2n) is 5.24. The van der Waals surface area contributed by atoms with Gasteiger partial charge in [-0.05, 0) is 38.8 Å².